The van der Waals surface area contributed by atoms with Crippen LogP contribution < -0.4 is 5.32 Å². The Morgan fingerprint density at radius 1 is 1.67 bits per heavy atom. The van der Waals surface area contributed by atoms with Gasteiger partial charge in [-0.3, -0.25) is 4.79 Å². The second kappa shape index (κ2) is 6.98. The standard InChI is InChI=1S/C10H14BrNO2S/c1-2-14-5-3-4-12-10(13)8-6-9(11)15-7-8/h6-7H,2-5H2,1H3,(H,12,13). The normalized spacial score (nSPS) is 10.3. The van der Waals surface area contributed by atoms with Crippen molar-refractivity contribution >= 4 is 33.2 Å². The van der Waals surface area contributed by atoms with Gasteiger partial charge in [0, 0.05) is 25.1 Å². The minimum Gasteiger partial charge on any atom is -0.382 e. The summed E-state index contributed by atoms with van der Waals surface area (Å²) in [6.45, 7) is 4.04. The topological polar surface area (TPSA) is 38.3 Å². The molecule has 0 aromatic carbocycles. The van der Waals surface area contributed by atoms with E-state index < -0.39 is 0 Å². The molecule has 0 spiro atoms. The summed E-state index contributed by atoms with van der Waals surface area (Å²) in [5.41, 5.74) is 0.711. The van der Waals surface area contributed by atoms with Crippen LogP contribution in [0, 0.1) is 0 Å². The summed E-state index contributed by atoms with van der Waals surface area (Å²) >= 11 is 4.83. The summed E-state index contributed by atoms with van der Waals surface area (Å²) in [5, 5.41) is 4.67. The molecule has 0 saturated heterocycles. The van der Waals surface area contributed by atoms with Crippen LogP contribution in [0.25, 0.3) is 0 Å². The van der Waals surface area contributed by atoms with E-state index in [1.54, 1.807) is 0 Å². The fraction of sp³-hybridized carbons (Fsp3) is 0.500. The van der Waals surface area contributed by atoms with Gasteiger partial charge in [-0.25, -0.2) is 0 Å². The number of carbonyl (C=O) groups is 1. The molecule has 15 heavy (non-hydrogen) atoms. The van der Waals surface area contributed by atoms with Crippen molar-refractivity contribution in [2.24, 2.45) is 0 Å². The first-order valence-electron chi connectivity index (χ1n) is 4.84. The maximum Gasteiger partial charge on any atom is 0.252 e. The number of hydrogen-bond acceptors (Lipinski definition) is 3. The largest absolute Gasteiger partial charge is 0.382 e. The lowest BCUT2D eigenvalue weighted by atomic mass is 10.3. The van der Waals surface area contributed by atoms with E-state index >= 15 is 0 Å². The van der Waals surface area contributed by atoms with Crippen molar-refractivity contribution < 1.29 is 9.53 Å². The fourth-order valence-corrected chi connectivity index (χ4v) is 2.19. The minimum atomic E-state index is -0.0200. The van der Waals surface area contributed by atoms with Gasteiger partial charge in [0.05, 0.1) is 9.35 Å². The molecule has 84 valence electrons. The van der Waals surface area contributed by atoms with Crippen molar-refractivity contribution in [1.82, 2.24) is 5.32 Å². The van der Waals surface area contributed by atoms with E-state index in [1.165, 1.54) is 11.3 Å². The van der Waals surface area contributed by atoms with Crippen LogP contribution in [0.1, 0.15) is 23.7 Å². The summed E-state index contributed by atoms with van der Waals surface area (Å²) < 4.78 is 6.14. The number of amides is 1. The van der Waals surface area contributed by atoms with Gasteiger partial charge in [0.15, 0.2) is 0 Å². The smallest absolute Gasteiger partial charge is 0.252 e. The van der Waals surface area contributed by atoms with E-state index in [0.29, 0.717) is 18.7 Å². The molecule has 0 saturated carbocycles. The molecule has 0 atom stereocenters. The van der Waals surface area contributed by atoms with Crippen LogP contribution in [0.15, 0.2) is 15.2 Å². The quantitative estimate of drug-likeness (QED) is 0.819. The Hall–Kier alpha value is -0.390. The first-order chi connectivity index (χ1) is 7.24. The van der Waals surface area contributed by atoms with Crippen LogP contribution in [0.3, 0.4) is 0 Å². The van der Waals surface area contributed by atoms with Crippen molar-refractivity contribution in [2.75, 3.05) is 19.8 Å². The number of thiophene rings is 1. The first-order valence-corrected chi connectivity index (χ1v) is 6.51. The van der Waals surface area contributed by atoms with Gasteiger partial charge in [0.1, 0.15) is 0 Å². The molecule has 1 rings (SSSR count). The lowest BCUT2D eigenvalue weighted by Crippen LogP contribution is -2.24. The van der Waals surface area contributed by atoms with Crippen LogP contribution in [0.4, 0.5) is 0 Å². The van der Waals surface area contributed by atoms with Gasteiger partial charge >= 0.3 is 0 Å². The van der Waals surface area contributed by atoms with E-state index in [9.17, 15) is 4.79 Å². The Kier molecular flexibility index (Phi) is 5.90. The monoisotopic (exact) mass is 291 g/mol. The zero-order chi connectivity index (χ0) is 11.1. The summed E-state index contributed by atoms with van der Waals surface area (Å²) in [4.78, 5) is 11.5. The van der Waals surface area contributed by atoms with Crippen molar-refractivity contribution in [3.63, 3.8) is 0 Å². The van der Waals surface area contributed by atoms with Gasteiger partial charge in [0.25, 0.3) is 5.91 Å². The van der Waals surface area contributed by atoms with Crippen molar-refractivity contribution in [3.05, 3.63) is 20.8 Å². The highest BCUT2D eigenvalue weighted by Crippen LogP contribution is 2.20. The van der Waals surface area contributed by atoms with E-state index in [2.05, 4.69) is 21.2 Å². The number of hydrogen-bond donors (Lipinski definition) is 1. The van der Waals surface area contributed by atoms with Crippen LogP contribution >= 0.6 is 27.3 Å². The molecule has 1 heterocycles. The third kappa shape index (κ3) is 4.77. The van der Waals surface area contributed by atoms with Crippen LogP contribution in [0.2, 0.25) is 0 Å². The van der Waals surface area contributed by atoms with Crippen molar-refractivity contribution in [2.45, 2.75) is 13.3 Å². The highest BCUT2D eigenvalue weighted by molar-refractivity contribution is 9.11. The number of ether oxygens (including phenoxy) is 1. The van der Waals surface area contributed by atoms with Crippen LogP contribution in [-0.4, -0.2) is 25.7 Å². The summed E-state index contributed by atoms with van der Waals surface area (Å²) in [5.74, 6) is -0.0200. The Bertz CT molecular complexity index is 314. The first kappa shape index (κ1) is 12.7. The molecule has 1 amide bonds. The summed E-state index contributed by atoms with van der Waals surface area (Å²) in [7, 11) is 0. The highest BCUT2D eigenvalue weighted by Gasteiger charge is 2.06. The summed E-state index contributed by atoms with van der Waals surface area (Å²) in [6.07, 6.45) is 0.852. The Morgan fingerprint density at radius 2 is 2.47 bits per heavy atom. The Morgan fingerprint density at radius 3 is 3.07 bits per heavy atom. The lowest BCUT2D eigenvalue weighted by Gasteiger charge is -2.03. The number of halogens is 1. The molecule has 1 N–H and O–H groups in total. The second-order valence-electron chi connectivity index (χ2n) is 2.95. The third-order valence-corrected chi connectivity index (χ3v) is 3.29. The molecule has 3 nitrogen and oxygen atoms in total. The molecule has 0 fully saturated rings. The van der Waals surface area contributed by atoms with Crippen molar-refractivity contribution in [1.29, 1.82) is 0 Å². The maximum atomic E-state index is 11.5. The van der Waals surface area contributed by atoms with Crippen molar-refractivity contribution in [3.8, 4) is 0 Å². The molecular weight excluding hydrogens is 278 g/mol. The van der Waals surface area contributed by atoms with E-state index in [1.807, 2.05) is 18.4 Å². The highest BCUT2D eigenvalue weighted by atomic mass is 79.9. The number of nitrogens with one attached hydrogen (secondary N) is 1. The van der Waals surface area contributed by atoms with Gasteiger partial charge in [0.2, 0.25) is 0 Å². The molecule has 5 heteroatoms. The molecule has 1 aromatic heterocycles. The van der Waals surface area contributed by atoms with Gasteiger partial charge in [-0.2, -0.15) is 0 Å². The Balaban J connectivity index is 2.19. The van der Waals surface area contributed by atoms with Gasteiger partial charge in [-0.05, 0) is 35.3 Å². The zero-order valence-electron chi connectivity index (χ0n) is 8.59. The fourth-order valence-electron chi connectivity index (χ4n) is 1.05. The van der Waals surface area contributed by atoms with Gasteiger partial charge in [-0.15, -0.1) is 11.3 Å². The second-order valence-corrected chi connectivity index (χ2v) is 5.24. The SMILES string of the molecule is CCOCCCNC(=O)c1csc(Br)c1. The third-order valence-electron chi connectivity index (χ3n) is 1.78. The molecule has 0 unspecified atom stereocenters. The molecule has 1 aromatic rings. The Labute approximate surface area is 102 Å². The average molecular weight is 292 g/mol. The predicted octanol–water partition coefficient (Wildman–Crippen LogP) is 2.67. The number of carbonyl (C=O) groups excluding carboxylic acids is 1. The van der Waals surface area contributed by atoms with Gasteiger partial charge in [-0.1, -0.05) is 0 Å². The van der Waals surface area contributed by atoms with E-state index in [0.717, 1.165) is 16.8 Å². The number of rotatable bonds is 6. The van der Waals surface area contributed by atoms with E-state index in [4.69, 9.17) is 4.74 Å². The minimum absolute atomic E-state index is 0.0200. The van der Waals surface area contributed by atoms with Crippen LogP contribution in [0.5, 0.6) is 0 Å². The average Bonchev–Trinajstić information content (AvgIpc) is 2.64. The molecule has 0 bridgehead atoms. The molecule has 0 aliphatic rings. The maximum absolute atomic E-state index is 11.5. The van der Waals surface area contributed by atoms with Gasteiger partial charge < -0.3 is 10.1 Å². The molecule has 0 aliphatic carbocycles. The lowest BCUT2D eigenvalue weighted by molar-refractivity contribution is 0.0944. The van der Waals surface area contributed by atoms with Crippen LogP contribution in [-0.2, 0) is 4.74 Å². The zero-order valence-corrected chi connectivity index (χ0v) is 11.0. The molecular formula is C10H14BrNO2S. The summed E-state index contributed by atoms with van der Waals surface area (Å²) in [6, 6.07) is 1.82. The molecule has 0 aliphatic heterocycles. The molecule has 0 radical (unpaired) electrons. The predicted molar refractivity (Wildman–Crippen MR) is 65.5 cm³/mol. The van der Waals surface area contributed by atoms with E-state index in [-0.39, 0.29) is 5.91 Å².